The van der Waals surface area contributed by atoms with Crippen molar-refractivity contribution in [2.24, 2.45) is 0 Å². The van der Waals surface area contributed by atoms with Gasteiger partial charge in [0.15, 0.2) is 47.4 Å². The van der Waals surface area contributed by atoms with E-state index in [9.17, 15) is 61.0 Å². The highest BCUT2D eigenvalue weighted by atomic mass is 16.8. The minimum Gasteiger partial charge on any atom is -0.504 e. The van der Waals surface area contributed by atoms with Crippen molar-refractivity contribution >= 4 is 11.0 Å². The van der Waals surface area contributed by atoms with Gasteiger partial charge >= 0.3 is 0 Å². The van der Waals surface area contributed by atoms with Crippen molar-refractivity contribution in [2.45, 2.75) is 106 Å². The van der Waals surface area contributed by atoms with Crippen LogP contribution in [0.2, 0.25) is 0 Å². The number of phenols is 3. The summed E-state index contributed by atoms with van der Waals surface area (Å²) in [6, 6.07) is 4.54. The van der Waals surface area contributed by atoms with Crippen LogP contribution in [0.3, 0.4) is 0 Å². The van der Waals surface area contributed by atoms with Crippen molar-refractivity contribution in [3.63, 3.8) is 0 Å². The summed E-state index contributed by atoms with van der Waals surface area (Å²) in [5.74, 6) is -3.45. The van der Waals surface area contributed by atoms with E-state index in [0.29, 0.717) is 0 Å². The van der Waals surface area contributed by atoms with Crippen LogP contribution in [-0.4, -0.2) is 169 Å². The smallest absolute Gasteiger partial charge is 0.239 e. The maximum atomic E-state index is 14.4. The molecule has 0 saturated carbocycles. The lowest BCUT2D eigenvalue weighted by molar-refractivity contribution is -0.360. The molecule has 6 rings (SSSR count). The molecule has 11 N–H and O–H groups in total. The molecule has 3 aliphatic rings. The fourth-order valence-electron chi connectivity index (χ4n) is 6.61. The van der Waals surface area contributed by atoms with Gasteiger partial charge in [-0.1, -0.05) is 0 Å². The normalized spacial score (nSPS) is 36.3. The van der Waals surface area contributed by atoms with Crippen molar-refractivity contribution in [1.29, 1.82) is 0 Å². The first-order chi connectivity index (χ1) is 26.5. The zero-order valence-corrected chi connectivity index (χ0v) is 30.2. The van der Waals surface area contributed by atoms with Gasteiger partial charge in [-0.25, -0.2) is 0 Å². The number of aromatic hydroxyl groups is 3. The zero-order valence-electron chi connectivity index (χ0n) is 30.2. The summed E-state index contributed by atoms with van der Waals surface area (Å²) in [5, 5.41) is 116. The van der Waals surface area contributed by atoms with Crippen LogP contribution in [0.15, 0.2) is 33.5 Å². The molecule has 0 spiro atoms. The molecule has 0 bridgehead atoms. The molecule has 0 aliphatic carbocycles. The van der Waals surface area contributed by atoms with Gasteiger partial charge in [0.2, 0.25) is 23.2 Å². The summed E-state index contributed by atoms with van der Waals surface area (Å²) >= 11 is 0. The summed E-state index contributed by atoms with van der Waals surface area (Å²) in [7, 11) is 2.46. The van der Waals surface area contributed by atoms with Crippen LogP contribution in [0.4, 0.5) is 0 Å². The van der Waals surface area contributed by atoms with E-state index < -0.39 is 138 Å². The van der Waals surface area contributed by atoms with Crippen LogP contribution in [-0.2, 0) is 23.7 Å². The molecule has 4 heterocycles. The minimum absolute atomic E-state index is 0.0473. The van der Waals surface area contributed by atoms with E-state index >= 15 is 0 Å². The molecule has 3 aliphatic heterocycles. The molecule has 0 amide bonds. The first-order valence-electron chi connectivity index (χ1n) is 17.3. The number of ether oxygens (including phenoxy) is 8. The molecule has 2 aromatic carbocycles. The summed E-state index contributed by atoms with van der Waals surface area (Å²) in [5.41, 5.74) is -1.44. The predicted molar refractivity (Wildman–Crippen MR) is 183 cm³/mol. The highest BCUT2D eigenvalue weighted by Crippen LogP contribution is 2.45. The molecule has 3 aromatic rings. The Kier molecular flexibility index (Phi) is 12.2. The topological polar surface area (TPSA) is 327 Å². The minimum atomic E-state index is -2.05. The Bertz CT molecular complexity index is 1920. The van der Waals surface area contributed by atoms with Crippen LogP contribution in [0, 0.1) is 0 Å². The summed E-state index contributed by atoms with van der Waals surface area (Å²) in [6.07, 6.45) is -25.2. The van der Waals surface area contributed by atoms with Gasteiger partial charge in [-0.2, -0.15) is 0 Å². The van der Waals surface area contributed by atoms with Gasteiger partial charge in [-0.3, -0.25) is 4.79 Å². The third-order valence-electron chi connectivity index (χ3n) is 9.91. The number of fused-ring (bicyclic) bond motifs is 1. The Labute approximate surface area is 316 Å². The third kappa shape index (κ3) is 7.54. The van der Waals surface area contributed by atoms with Gasteiger partial charge in [-0.05, 0) is 32.0 Å². The number of aliphatic hydroxyl groups excluding tert-OH is 8. The molecular weight excluding hydrogens is 756 g/mol. The average molecular weight is 801 g/mol. The molecule has 21 heteroatoms. The first-order valence-corrected chi connectivity index (χ1v) is 17.3. The van der Waals surface area contributed by atoms with E-state index in [0.717, 1.165) is 12.1 Å². The van der Waals surface area contributed by atoms with Gasteiger partial charge in [0, 0.05) is 11.6 Å². The van der Waals surface area contributed by atoms with Gasteiger partial charge in [0.1, 0.15) is 65.9 Å². The number of hydrogen-bond acceptors (Lipinski definition) is 21. The molecule has 1 aromatic heterocycles. The highest BCUT2D eigenvalue weighted by molar-refractivity contribution is 5.91. The molecule has 3 fully saturated rings. The summed E-state index contributed by atoms with van der Waals surface area (Å²) in [4.78, 5) is 14.4. The molecule has 21 nitrogen and oxygen atoms in total. The standard InChI is InChI=1S/C35H44O21/c1-10-19(38)24(43)27(46)33(51-10)50-9-17-21(40)26(45)32(56-34-28(47)25(44)20(39)11(2)52-34)35(54-17)55-31-23(42)18-15(8-16(48-3)30(49-4)22(18)41)53-29(31)12-5-6-13(36)14(37)7-12/h5-8,10-11,17,19-21,24-28,32-41,43-47H,9H2,1-4H3/t10-,11-,17+,19-,20-,21-,24+,25+,26-,27+,28+,32+,33+,34+,35-/m0/s1. The number of phenolic OH excluding ortho intramolecular Hbond substituents is 3. The van der Waals surface area contributed by atoms with E-state index in [1.165, 1.54) is 40.2 Å². The maximum Gasteiger partial charge on any atom is 0.239 e. The zero-order chi connectivity index (χ0) is 40.9. The Hall–Kier alpha value is -4.07. The number of aliphatic hydroxyl groups is 8. The van der Waals surface area contributed by atoms with Crippen LogP contribution >= 0.6 is 0 Å². The number of hydrogen-bond donors (Lipinski definition) is 11. The second-order valence-corrected chi connectivity index (χ2v) is 13.6. The van der Waals surface area contributed by atoms with Crippen molar-refractivity contribution in [3.05, 3.63) is 34.5 Å². The highest BCUT2D eigenvalue weighted by Gasteiger charge is 2.52. The van der Waals surface area contributed by atoms with E-state index in [2.05, 4.69) is 0 Å². The monoisotopic (exact) mass is 800 g/mol. The van der Waals surface area contributed by atoms with Gasteiger partial charge in [-0.15, -0.1) is 0 Å². The molecule has 310 valence electrons. The lowest BCUT2D eigenvalue weighted by atomic mass is 9.97. The van der Waals surface area contributed by atoms with Crippen LogP contribution in [0.25, 0.3) is 22.3 Å². The quantitative estimate of drug-likeness (QED) is 0.0942. The van der Waals surface area contributed by atoms with Crippen LogP contribution < -0.4 is 19.6 Å². The fourth-order valence-corrected chi connectivity index (χ4v) is 6.61. The van der Waals surface area contributed by atoms with E-state index in [1.54, 1.807) is 0 Å². The summed E-state index contributed by atoms with van der Waals surface area (Å²) in [6.45, 7) is 2.06. The maximum absolute atomic E-state index is 14.4. The van der Waals surface area contributed by atoms with Gasteiger partial charge in [0.25, 0.3) is 0 Å². The van der Waals surface area contributed by atoms with Gasteiger partial charge in [0.05, 0.1) is 33.0 Å². The SMILES string of the molecule is COc1cc2oc(-c3ccc(O)c(O)c3)c(O[C@@H]3O[C@H](CO[C@@H]4O[C@@H](C)[C@H](O)[C@@H](O)[C@H]4O)[C@H](O)[C@H](O)[C@H]3O[C@H]3O[C@@H](C)[C@H](O)[C@@H](O)[C@H]3O)c(=O)c2c(O)c1OC. The number of methoxy groups -OCH3 is 2. The lowest BCUT2D eigenvalue weighted by Gasteiger charge is -2.46. The molecule has 0 radical (unpaired) electrons. The lowest BCUT2D eigenvalue weighted by Crippen LogP contribution is -2.65. The Balaban J connectivity index is 1.44. The number of benzene rings is 2. The van der Waals surface area contributed by atoms with E-state index in [1.807, 2.05) is 0 Å². The van der Waals surface area contributed by atoms with Crippen LogP contribution in [0.5, 0.6) is 34.5 Å². The Morgan fingerprint density at radius 1 is 0.661 bits per heavy atom. The van der Waals surface area contributed by atoms with E-state index in [4.69, 9.17) is 42.3 Å². The van der Waals surface area contributed by atoms with Crippen molar-refractivity contribution in [1.82, 2.24) is 0 Å². The van der Waals surface area contributed by atoms with Crippen molar-refractivity contribution in [3.8, 4) is 45.8 Å². The van der Waals surface area contributed by atoms with Crippen LogP contribution in [0.1, 0.15) is 13.8 Å². The second kappa shape index (κ2) is 16.4. The van der Waals surface area contributed by atoms with Crippen molar-refractivity contribution in [2.75, 3.05) is 20.8 Å². The second-order valence-electron chi connectivity index (χ2n) is 13.6. The average Bonchev–Trinajstić information content (AvgIpc) is 3.17. The van der Waals surface area contributed by atoms with E-state index in [-0.39, 0.29) is 22.6 Å². The third-order valence-corrected chi connectivity index (χ3v) is 9.91. The molecule has 15 atom stereocenters. The Morgan fingerprint density at radius 3 is 1.89 bits per heavy atom. The molecule has 0 unspecified atom stereocenters. The fraction of sp³-hybridized carbons (Fsp3) is 0.571. The molecule has 3 saturated heterocycles. The molecule has 56 heavy (non-hydrogen) atoms. The largest absolute Gasteiger partial charge is 0.504 e. The number of rotatable bonds is 10. The van der Waals surface area contributed by atoms with Gasteiger partial charge < -0.3 is 98.5 Å². The predicted octanol–water partition coefficient (Wildman–Crippen LogP) is -2.52. The van der Waals surface area contributed by atoms with Crippen molar-refractivity contribution < 1.29 is 98.5 Å². The summed E-state index contributed by atoms with van der Waals surface area (Å²) < 4.78 is 51.0. The Morgan fingerprint density at radius 2 is 1.29 bits per heavy atom. The first kappa shape index (κ1) is 41.6. The molecular formula is C35H44O21.